The molecule has 0 radical (unpaired) electrons. The third-order valence-corrected chi connectivity index (χ3v) is 5.31. The minimum atomic E-state index is -0.0763. The maximum Gasteiger partial charge on any atom is 0.262 e. The Kier molecular flexibility index (Phi) is 3.83. The van der Waals surface area contributed by atoms with Gasteiger partial charge >= 0.3 is 0 Å². The van der Waals surface area contributed by atoms with Crippen molar-refractivity contribution in [2.75, 3.05) is 22.9 Å². The van der Waals surface area contributed by atoms with Crippen LogP contribution in [-0.4, -0.2) is 33.8 Å². The fourth-order valence-corrected chi connectivity index (χ4v) is 3.78. The number of carbonyl (C=O) groups is 1. The molecule has 1 saturated heterocycles. The Hall–Kier alpha value is -3.66. The molecule has 1 fully saturated rings. The fourth-order valence-electron chi connectivity index (χ4n) is 3.78. The van der Waals surface area contributed by atoms with Gasteiger partial charge in [-0.25, -0.2) is 9.67 Å². The summed E-state index contributed by atoms with van der Waals surface area (Å²) in [7, 11) is 0. The summed E-state index contributed by atoms with van der Waals surface area (Å²) in [5.41, 5.74) is 3.54. The summed E-state index contributed by atoms with van der Waals surface area (Å²) in [6.45, 7) is 2.54. The van der Waals surface area contributed by atoms with Crippen LogP contribution in [0.5, 0.6) is 0 Å². The van der Waals surface area contributed by atoms with Gasteiger partial charge in [0, 0.05) is 25.0 Å². The zero-order chi connectivity index (χ0) is 19.1. The summed E-state index contributed by atoms with van der Waals surface area (Å²) >= 11 is 0. The summed E-state index contributed by atoms with van der Waals surface area (Å²) in [5.74, 6) is 0.914. The lowest BCUT2D eigenvalue weighted by Crippen LogP contribution is -2.23. The average Bonchev–Trinajstić information content (AvgIpc) is 3.47. The van der Waals surface area contributed by atoms with Gasteiger partial charge in [-0.3, -0.25) is 4.79 Å². The van der Waals surface area contributed by atoms with Gasteiger partial charge in [-0.15, -0.1) is 0 Å². The van der Waals surface area contributed by atoms with E-state index in [1.165, 1.54) is 12.8 Å². The lowest BCUT2D eigenvalue weighted by Gasteiger charge is -2.17. The number of nitrogens with zero attached hydrogens (tertiary/aromatic N) is 6. The lowest BCUT2D eigenvalue weighted by atomic mass is 10.2. The molecule has 28 heavy (non-hydrogen) atoms. The molecule has 0 N–H and O–H groups in total. The molecule has 2 aromatic heterocycles. The molecular formula is C21H18N6O. The second-order valence-corrected chi connectivity index (χ2v) is 7.05. The quantitative estimate of drug-likeness (QED) is 0.708. The highest BCUT2D eigenvalue weighted by atomic mass is 16.2. The van der Waals surface area contributed by atoms with Gasteiger partial charge in [-0.1, -0.05) is 0 Å². The van der Waals surface area contributed by atoms with E-state index in [1.54, 1.807) is 46.2 Å². The Morgan fingerprint density at radius 2 is 1.75 bits per heavy atom. The van der Waals surface area contributed by atoms with Crippen LogP contribution in [0.1, 0.15) is 34.5 Å². The van der Waals surface area contributed by atoms with Crippen molar-refractivity contribution in [2.45, 2.75) is 19.4 Å². The van der Waals surface area contributed by atoms with Gasteiger partial charge in [0.15, 0.2) is 0 Å². The second-order valence-electron chi connectivity index (χ2n) is 7.05. The Morgan fingerprint density at radius 1 is 1.00 bits per heavy atom. The number of pyridine rings is 1. The monoisotopic (exact) mass is 370 g/mol. The van der Waals surface area contributed by atoms with Crippen LogP contribution in [0.25, 0.3) is 5.69 Å². The number of nitriles is 1. The standard InChI is InChI=1S/C21H18N6O/c22-11-15-3-5-16(6-4-15)26-14-19-18(21(26)28)13-27(24-19)17-7-8-20(23-12-17)25-9-1-2-10-25/h3-8,12-13H,1-2,9-10,14H2. The van der Waals surface area contributed by atoms with Crippen LogP contribution in [0.4, 0.5) is 11.5 Å². The maximum atomic E-state index is 12.8. The molecule has 2 aliphatic rings. The van der Waals surface area contributed by atoms with E-state index in [1.807, 2.05) is 12.1 Å². The Bertz CT molecular complexity index is 1070. The first-order valence-electron chi connectivity index (χ1n) is 9.35. The second kappa shape index (κ2) is 6.50. The number of hydrogen-bond acceptors (Lipinski definition) is 5. The number of benzene rings is 1. The molecule has 0 saturated carbocycles. The van der Waals surface area contributed by atoms with Crippen molar-refractivity contribution in [2.24, 2.45) is 0 Å². The van der Waals surface area contributed by atoms with E-state index >= 15 is 0 Å². The van der Waals surface area contributed by atoms with Crippen LogP contribution in [0.15, 0.2) is 48.8 Å². The summed E-state index contributed by atoms with van der Waals surface area (Å²) in [6.07, 6.45) is 6.01. The van der Waals surface area contributed by atoms with E-state index in [-0.39, 0.29) is 5.91 Å². The van der Waals surface area contributed by atoms with E-state index in [9.17, 15) is 4.79 Å². The number of rotatable bonds is 3. The molecule has 0 aliphatic carbocycles. The van der Waals surface area contributed by atoms with E-state index in [0.29, 0.717) is 17.7 Å². The topological polar surface area (TPSA) is 78.1 Å². The van der Waals surface area contributed by atoms with Gasteiger partial charge in [0.25, 0.3) is 5.91 Å². The van der Waals surface area contributed by atoms with Gasteiger partial charge in [-0.2, -0.15) is 10.4 Å². The van der Waals surface area contributed by atoms with Crippen LogP contribution in [0.2, 0.25) is 0 Å². The van der Waals surface area contributed by atoms with E-state index in [2.05, 4.69) is 21.1 Å². The molecule has 3 aromatic rings. The maximum absolute atomic E-state index is 12.8. The number of amides is 1. The normalized spacial score (nSPS) is 15.8. The predicted molar refractivity (Wildman–Crippen MR) is 104 cm³/mol. The van der Waals surface area contributed by atoms with Crippen molar-refractivity contribution >= 4 is 17.4 Å². The molecule has 1 amide bonds. The molecule has 7 nitrogen and oxygen atoms in total. The lowest BCUT2D eigenvalue weighted by molar-refractivity contribution is 0.0996. The minimum Gasteiger partial charge on any atom is -0.357 e. The van der Waals surface area contributed by atoms with Gasteiger partial charge < -0.3 is 9.80 Å². The first-order valence-corrected chi connectivity index (χ1v) is 9.35. The molecule has 0 bridgehead atoms. The highest BCUT2D eigenvalue weighted by Crippen LogP contribution is 2.28. The summed E-state index contributed by atoms with van der Waals surface area (Å²) in [5, 5.41) is 13.5. The largest absolute Gasteiger partial charge is 0.357 e. The number of hydrogen-bond donors (Lipinski definition) is 0. The van der Waals surface area contributed by atoms with Crippen LogP contribution < -0.4 is 9.80 Å². The first-order chi connectivity index (χ1) is 13.7. The van der Waals surface area contributed by atoms with Gasteiger partial charge in [0.05, 0.1) is 41.3 Å². The zero-order valence-corrected chi connectivity index (χ0v) is 15.2. The number of anilines is 2. The molecule has 5 rings (SSSR count). The van der Waals surface area contributed by atoms with Crippen LogP contribution in [0, 0.1) is 11.3 Å². The molecule has 0 atom stereocenters. The zero-order valence-electron chi connectivity index (χ0n) is 15.2. The Labute approximate surface area is 162 Å². The van der Waals surface area contributed by atoms with Crippen molar-refractivity contribution < 1.29 is 4.79 Å². The van der Waals surface area contributed by atoms with Crippen LogP contribution in [-0.2, 0) is 6.54 Å². The van der Waals surface area contributed by atoms with Crippen molar-refractivity contribution in [3.8, 4) is 11.8 Å². The number of fused-ring (bicyclic) bond motifs is 1. The molecule has 138 valence electrons. The van der Waals surface area contributed by atoms with E-state index in [0.717, 1.165) is 36.0 Å². The molecule has 1 aromatic carbocycles. The number of aromatic nitrogens is 3. The molecule has 4 heterocycles. The van der Waals surface area contributed by atoms with E-state index < -0.39 is 0 Å². The van der Waals surface area contributed by atoms with E-state index in [4.69, 9.17) is 5.26 Å². The van der Waals surface area contributed by atoms with Gasteiger partial charge in [-0.05, 0) is 49.2 Å². The smallest absolute Gasteiger partial charge is 0.262 e. The molecule has 0 unspecified atom stereocenters. The molecular weight excluding hydrogens is 352 g/mol. The minimum absolute atomic E-state index is 0.0763. The first kappa shape index (κ1) is 16.5. The number of carbonyl (C=O) groups excluding carboxylic acids is 1. The van der Waals surface area contributed by atoms with Crippen molar-refractivity contribution in [1.82, 2.24) is 14.8 Å². The predicted octanol–water partition coefficient (Wildman–Crippen LogP) is 2.90. The highest BCUT2D eigenvalue weighted by molar-refractivity contribution is 6.09. The molecule has 0 spiro atoms. The van der Waals surface area contributed by atoms with Gasteiger partial charge in [0.2, 0.25) is 0 Å². The van der Waals surface area contributed by atoms with Crippen LogP contribution >= 0.6 is 0 Å². The Balaban J connectivity index is 1.37. The Morgan fingerprint density at radius 3 is 2.39 bits per heavy atom. The summed E-state index contributed by atoms with van der Waals surface area (Å²) in [4.78, 5) is 21.3. The molecule has 2 aliphatic heterocycles. The van der Waals surface area contributed by atoms with Crippen LogP contribution in [0.3, 0.4) is 0 Å². The average molecular weight is 370 g/mol. The van der Waals surface area contributed by atoms with Crippen molar-refractivity contribution in [3.05, 3.63) is 65.6 Å². The summed E-state index contributed by atoms with van der Waals surface area (Å²) < 4.78 is 1.72. The third kappa shape index (κ3) is 2.70. The van der Waals surface area contributed by atoms with Crippen molar-refractivity contribution in [3.63, 3.8) is 0 Å². The summed E-state index contributed by atoms with van der Waals surface area (Å²) in [6, 6.07) is 13.1. The van der Waals surface area contributed by atoms with Gasteiger partial charge in [0.1, 0.15) is 5.82 Å². The highest BCUT2D eigenvalue weighted by Gasteiger charge is 2.32. The van der Waals surface area contributed by atoms with Crippen molar-refractivity contribution in [1.29, 1.82) is 5.26 Å². The SMILES string of the molecule is N#Cc1ccc(N2Cc3nn(-c4ccc(N5CCCC5)nc4)cc3C2=O)cc1. The third-order valence-electron chi connectivity index (χ3n) is 5.31. The fraction of sp³-hybridized carbons (Fsp3) is 0.238. The molecule has 7 heteroatoms.